The molecule has 0 radical (unpaired) electrons. The zero-order valence-corrected chi connectivity index (χ0v) is 18.2. The lowest BCUT2D eigenvalue weighted by Crippen LogP contribution is -2.36. The molecule has 0 atom stereocenters. The van der Waals surface area contributed by atoms with Gasteiger partial charge < -0.3 is 5.32 Å². The Morgan fingerprint density at radius 3 is 2.55 bits per heavy atom. The first-order valence-electron chi connectivity index (χ1n) is 9.98. The van der Waals surface area contributed by atoms with Crippen molar-refractivity contribution < 1.29 is 13.2 Å². The van der Waals surface area contributed by atoms with E-state index in [2.05, 4.69) is 5.32 Å². The molecule has 29 heavy (non-hydrogen) atoms. The van der Waals surface area contributed by atoms with E-state index in [4.69, 9.17) is 11.6 Å². The van der Waals surface area contributed by atoms with Gasteiger partial charge >= 0.3 is 0 Å². The highest BCUT2D eigenvalue weighted by Gasteiger charge is 2.27. The second kappa shape index (κ2) is 9.74. The summed E-state index contributed by atoms with van der Waals surface area (Å²) in [5.41, 5.74) is 2.63. The van der Waals surface area contributed by atoms with Crippen LogP contribution in [0.2, 0.25) is 5.02 Å². The summed E-state index contributed by atoms with van der Waals surface area (Å²) in [6, 6.07) is 12.7. The Morgan fingerprint density at radius 1 is 1.10 bits per heavy atom. The highest BCUT2D eigenvalue weighted by Crippen LogP contribution is 2.23. The van der Waals surface area contributed by atoms with Crippen LogP contribution in [-0.2, 0) is 27.8 Å². The van der Waals surface area contributed by atoms with Crippen molar-refractivity contribution in [2.75, 3.05) is 13.1 Å². The molecule has 0 bridgehead atoms. The standard InChI is InChI=1S/C22H27ClN2O3S/c1-17-9-10-18(15-20(17)23)11-12-22(26)24-16-19-7-3-4-8-21(19)29(27,28)25-13-5-2-6-14-25/h3-4,7-10,15H,2,5-6,11-14,16H2,1H3,(H,24,26). The van der Waals surface area contributed by atoms with Crippen molar-refractivity contribution in [2.24, 2.45) is 0 Å². The number of rotatable bonds is 7. The zero-order chi connectivity index (χ0) is 20.9. The fraction of sp³-hybridized carbons (Fsp3) is 0.409. The van der Waals surface area contributed by atoms with Crippen molar-refractivity contribution in [3.8, 4) is 0 Å². The lowest BCUT2D eigenvalue weighted by atomic mass is 10.1. The van der Waals surface area contributed by atoms with E-state index in [9.17, 15) is 13.2 Å². The van der Waals surface area contributed by atoms with E-state index >= 15 is 0 Å². The van der Waals surface area contributed by atoms with E-state index in [1.807, 2.05) is 25.1 Å². The van der Waals surface area contributed by atoms with Crippen LogP contribution in [-0.4, -0.2) is 31.7 Å². The van der Waals surface area contributed by atoms with Crippen molar-refractivity contribution in [3.05, 3.63) is 64.2 Å². The van der Waals surface area contributed by atoms with Crippen LogP contribution in [0.1, 0.15) is 42.4 Å². The monoisotopic (exact) mass is 434 g/mol. The minimum Gasteiger partial charge on any atom is -0.352 e. The number of benzene rings is 2. The average molecular weight is 435 g/mol. The third kappa shape index (κ3) is 5.59. The number of amides is 1. The molecule has 1 heterocycles. The van der Waals surface area contributed by atoms with Gasteiger partial charge in [0, 0.05) is 31.1 Å². The van der Waals surface area contributed by atoms with Crippen LogP contribution in [0.4, 0.5) is 0 Å². The molecule has 1 aliphatic heterocycles. The Kier molecular flexibility index (Phi) is 7.33. The molecule has 0 spiro atoms. The minimum atomic E-state index is -3.54. The fourth-order valence-electron chi connectivity index (χ4n) is 3.48. The molecular weight excluding hydrogens is 408 g/mol. The Bertz CT molecular complexity index is 970. The summed E-state index contributed by atoms with van der Waals surface area (Å²) in [4.78, 5) is 12.6. The first-order valence-corrected chi connectivity index (χ1v) is 11.8. The summed E-state index contributed by atoms with van der Waals surface area (Å²) < 4.78 is 27.6. The van der Waals surface area contributed by atoms with Crippen molar-refractivity contribution >= 4 is 27.5 Å². The third-order valence-corrected chi connectivity index (χ3v) is 7.66. The van der Waals surface area contributed by atoms with Crippen LogP contribution >= 0.6 is 11.6 Å². The van der Waals surface area contributed by atoms with Gasteiger partial charge in [0.1, 0.15) is 0 Å². The van der Waals surface area contributed by atoms with Gasteiger partial charge in [0.15, 0.2) is 0 Å². The van der Waals surface area contributed by atoms with Crippen LogP contribution in [0, 0.1) is 6.92 Å². The van der Waals surface area contributed by atoms with Crippen molar-refractivity contribution in [2.45, 2.75) is 50.5 Å². The number of hydrogen-bond donors (Lipinski definition) is 1. The summed E-state index contributed by atoms with van der Waals surface area (Å²) >= 11 is 6.13. The van der Waals surface area contributed by atoms with Crippen LogP contribution in [0.15, 0.2) is 47.4 Å². The van der Waals surface area contributed by atoms with Gasteiger partial charge in [-0.1, -0.05) is 48.4 Å². The Labute approximate surface area is 178 Å². The minimum absolute atomic E-state index is 0.119. The van der Waals surface area contributed by atoms with Crippen LogP contribution < -0.4 is 5.32 Å². The van der Waals surface area contributed by atoms with Crippen LogP contribution in [0.3, 0.4) is 0 Å². The molecular formula is C22H27ClN2O3S. The largest absolute Gasteiger partial charge is 0.352 e. The van der Waals surface area contributed by atoms with E-state index in [1.165, 1.54) is 0 Å². The quantitative estimate of drug-likeness (QED) is 0.714. The van der Waals surface area contributed by atoms with Gasteiger partial charge in [-0.3, -0.25) is 4.79 Å². The van der Waals surface area contributed by atoms with Crippen molar-refractivity contribution in [1.29, 1.82) is 0 Å². The van der Waals surface area contributed by atoms with Crippen LogP contribution in [0.25, 0.3) is 0 Å². The number of aryl methyl sites for hydroxylation is 2. The Balaban J connectivity index is 1.62. The molecule has 1 fully saturated rings. The normalized spacial score (nSPS) is 15.2. The molecule has 0 aliphatic carbocycles. The van der Waals surface area contributed by atoms with Gasteiger partial charge in [0.2, 0.25) is 15.9 Å². The predicted octanol–water partition coefficient (Wildman–Crippen LogP) is 4.07. The summed E-state index contributed by atoms with van der Waals surface area (Å²) in [6.07, 6.45) is 3.75. The summed E-state index contributed by atoms with van der Waals surface area (Å²) in [5, 5.41) is 3.55. The SMILES string of the molecule is Cc1ccc(CCC(=O)NCc2ccccc2S(=O)(=O)N2CCCCC2)cc1Cl. The number of sulfonamides is 1. The maximum atomic E-state index is 13.0. The Morgan fingerprint density at radius 2 is 1.83 bits per heavy atom. The molecule has 0 unspecified atom stereocenters. The molecule has 2 aromatic carbocycles. The fourth-order valence-corrected chi connectivity index (χ4v) is 5.42. The van der Waals surface area contributed by atoms with Gasteiger partial charge in [0.25, 0.3) is 0 Å². The molecule has 2 aromatic rings. The van der Waals surface area contributed by atoms with Gasteiger partial charge in [-0.05, 0) is 55.0 Å². The Hall–Kier alpha value is -1.89. The molecule has 156 valence electrons. The molecule has 3 rings (SSSR count). The zero-order valence-electron chi connectivity index (χ0n) is 16.7. The maximum Gasteiger partial charge on any atom is 0.243 e. The highest BCUT2D eigenvalue weighted by molar-refractivity contribution is 7.89. The number of hydrogen-bond acceptors (Lipinski definition) is 3. The lowest BCUT2D eigenvalue weighted by Gasteiger charge is -2.26. The average Bonchev–Trinajstić information content (AvgIpc) is 2.74. The summed E-state index contributed by atoms with van der Waals surface area (Å²) in [6.45, 7) is 3.25. The molecule has 7 heteroatoms. The van der Waals surface area contributed by atoms with Gasteiger partial charge in [-0.25, -0.2) is 8.42 Å². The smallest absolute Gasteiger partial charge is 0.243 e. The topological polar surface area (TPSA) is 66.5 Å². The summed E-state index contributed by atoms with van der Waals surface area (Å²) in [5.74, 6) is -0.119. The molecule has 1 aliphatic rings. The van der Waals surface area contributed by atoms with Gasteiger partial charge in [-0.2, -0.15) is 4.31 Å². The molecule has 0 aromatic heterocycles. The number of nitrogens with one attached hydrogen (secondary N) is 1. The lowest BCUT2D eigenvalue weighted by molar-refractivity contribution is -0.121. The highest BCUT2D eigenvalue weighted by atomic mass is 35.5. The second-order valence-corrected chi connectivity index (χ2v) is 9.75. The molecule has 0 saturated carbocycles. The third-order valence-electron chi connectivity index (χ3n) is 5.26. The van der Waals surface area contributed by atoms with Crippen molar-refractivity contribution in [1.82, 2.24) is 9.62 Å². The van der Waals surface area contributed by atoms with Gasteiger partial charge in [0.05, 0.1) is 4.90 Å². The van der Waals surface area contributed by atoms with E-state index in [1.54, 1.807) is 28.6 Å². The van der Waals surface area contributed by atoms with E-state index in [0.29, 0.717) is 36.5 Å². The number of halogens is 1. The van der Waals surface area contributed by atoms with E-state index in [-0.39, 0.29) is 17.3 Å². The second-order valence-electron chi connectivity index (χ2n) is 7.43. The first kappa shape index (κ1) is 21.8. The maximum absolute atomic E-state index is 13.0. The van der Waals surface area contributed by atoms with Crippen molar-refractivity contribution in [3.63, 3.8) is 0 Å². The van der Waals surface area contributed by atoms with E-state index in [0.717, 1.165) is 30.4 Å². The number of carbonyl (C=O) groups excluding carboxylic acids is 1. The number of carbonyl (C=O) groups is 1. The van der Waals surface area contributed by atoms with Gasteiger partial charge in [-0.15, -0.1) is 0 Å². The molecule has 1 N–H and O–H groups in total. The number of nitrogens with zero attached hydrogens (tertiary/aromatic N) is 1. The van der Waals surface area contributed by atoms with E-state index < -0.39 is 10.0 Å². The number of piperidine rings is 1. The predicted molar refractivity (Wildman–Crippen MR) is 115 cm³/mol. The summed E-state index contributed by atoms with van der Waals surface area (Å²) in [7, 11) is -3.54. The molecule has 5 nitrogen and oxygen atoms in total. The molecule has 1 amide bonds. The molecule has 1 saturated heterocycles. The van der Waals surface area contributed by atoms with Crippen LogP contribution in [0.5, 0.6) is 0 Å². The first-order chi connectivity index (χ1) is 13.9.